The highest BCUT2D eigenvalue weighted by Gasteiger charge is 2.11. The fraction of sp³-hybridized carbons (Fsp3) is 0.375. The molecule has 0 fully saturated rings. The molecule has 1 aromatic carbocycles. The van der Waals surface area contributed by atoms with Crippen LogP contribution in [0.1, 0.15) is 30.8 Å². The molecule has 4 nitrogen and oxygen atoms in total. The van der Waals surface area contributed by atoms with Crippen molar-refractivity contribution in [3.8, 4) is 0 Å². The van der Waals surface area contributed by atoms with Gasteiger partial charge in [0.25, 0.3) is 0 Å². The summed E-state index contributed by atoms with van der Waals surface area (Å²) in [5, 5.41) is 6.72. The zero-order valence-electron chi connectivity index (χ0n) is 12.9. The number of halogens is 1. The lowest BCUT2D eigenvalue weighted by atomic mass is 10.2. The molecule has 0 saturated carbocycles. The van der Waals surface area contributed by atoms with E-state index in [4.69, 9.17) is 0 Å². The number of nitrogens with one attached hydrogen (secondary N) is 2. The van der Waals surface area contributed by atoms with Crippen LogP contribution in [0.2, 0.25) is 0 Å². The molecule has 0 aliphatic rings. The van der Waals surface area contributed by atoms with Crippen molar-refractivity contribution in [2.45, 2.75) is 34.1 Å². The van der Waals surface area contributed by atoms with E-state index in [1.165, 1.54) is 5.56 Å². The van der Waals surface area contributed by atoms with Crippen LogP contribution in [0.4, 0.5) is 17.3 Å². The first-order chi connectivity index (χ1) is 10.1. The maximum Gasteiger partial charge on any atom is 0.139 e. The molecule has 0 atom stereocenters. The molecule has 0 radical (unpaired) electrons. The molecule has 2 N–H and O–H groups in total. The highest BCUT2D eigenvalue weighted by molar-refractivity contribution is 9.10. The number of aryl methyl sites for hydroxylation is 2. The third-order valence-electron chi connectivity index (χ3n) is 3.30. The van der Waals surface area contributed by atoms with Gasteiger partial charge in [0.1, 0.15) is 17.5 Å². The van der Waals surface area contributed by atoms with Crippen LogP contribution < -0.4 is 10.6 Å². The summed E-state index contributed by atoms with van der Waals surface area (Å²) in [6.45, 7) is 9.08. The molecule has 0 aliphatic heterocycles. The van der Waals surface area contributed by atoms with Crippen molar-refractivity contribution in [3.63, 3.8) is 0 Å². The maximum atomic E-state index is 4.62. The second-order valence-corrected chi connectivity index (χ2v) is 5.70. The van der Waals surface area contributed by atoms with E-state index in [9.17, 15) is 0 Å². The van der Waals surface area contributed by atoms with Crippen LogP contribution >= 0.6 is 15.9 Å². The lowest BCUT2D eigenvalue weighted by molar-refractivity contribution is 0.929. The fourth-order valence-electron chi connectivity index (χ4n) is 2.05. The second kappa shape index (κ2) is 6.89. The van der Waals surface area contributed by atoms with Crippen LogP contribution in [0.15, 0.2) is 22.7 Å². The van der Waals surface area contributed by atoms with Gasteiger partial charge < -0.3 is 10.6 Å². The Bertz CT molecular complexity index is 640. The summed E-state index contributed by atoms with van der Waals surface area (Å²) in [6.07, 6.45) is 0.808. The van der Waals surface area contributed by atoms with Crippen LogP contribution in [-0.2, 0) is 6.42 Å². The van der Waals surface area contributed by atoms with Gasteiger partial charge in [-0.3, -0.25) is 0 Å². The van der Waals surface area contributed by atoms with E-state index in [2.05, 4.69) is 63.4 Å². The van der Waals surface area contributed by atoms with E-state index in [1.807, 2.05) is 19.1 Å². The fourth-order valence-corrected chi connectivity index (χ4v) is 2.42. The van der Waals surface area contributed by atoms with Gasteiger partial charge in [0.2, 0.25) is 0 Å². The predicted molar refractivity (Wildman–Crippen MR) is 92.5 cm³/mol. The molecule has 0 saturated heterocycles. The maximum absolute atomic E-state index is 4.62. The molecule has 0 aliphatic carbocycles. The Kier molecular flexibility index (Phi) is 5.17. The number of hydrogen-bond acceptors (Lipinski definition) is 4. The molecule has 112 valence electrons. The van der Waals surface area contributed by atoms with Crippen molar-refractivity contribution in [1.82, 2.24) is 9.97 Å². The van der Waals surface area contributed by atoms with Gasteiger partial charge >= 0.3 is 0 Å². The standard InChI is InChI=1S/C16H21BrN4/c1-5-13-20-15(18-6-2)11(4)16(21-13)19-12-9-7-8-10(3)14(12)17/h7-9H,5-6H2,1-4H3,(H2,18,19,20,21). The van der Waals surface area contributed by atoms with Gasteiger partial charge in [-0.1, -0.05) is 19.1 Å². The molecule has 1 heterocycles. The van der Waals surface area contributed by atoms with Crippen LogP contribution in [-0.4, -0.2) is 16.5 Å². The zero-order chi connectivity index (χ0) is 15.4. The van der Waals surface area contributed by atoms with Gasteiger partial charge in [0.05, 0.1) is 5.69 Å². The van der Waals surface area contributed by atoms with Crippen molar-refractivity contribution >= 4 is 33.3 Å². The summed E-state index contributed by atoms with van der Waals surface area (Å²) < 4.78 is 1.06. The highest BCUT2D eigenvalue weighted by atomic mass is 79.9. The first kappa shape index (κ1) is 15.8. The second-order valence-electron chi connectivity index (χ2n) is 4.91. The Balaban J connectivity index is 2.43. The van der Waals surface area contributed by atoms with E-state index >= 15 is 0 Å². The molecule has 2 rings (SSSR count). The number of anilines is 3. The van der Waals surface area contributed by atoms with Crippen molar-refractivity contribution in [2.24, 2.45) is 0 Å². The number of benzene rings is 1. The third-order valence-corrected chi connectivity index (χ3v) is 4.35. The molecular weight excluding hydrogens is 328 g/mol. The topological polar surface area (TPSA) is 49.8 Å². The zero-order valence-corrected chi connectivity index (χ0v) is 14.5. The minimum absolute atomic E-state index is 0.808. The Morgan fingerprint density at radius 2 is 1.81 bits per heavy atom. The van der Waals surface area contributed by atoms with Crippen LogP contribution in [0, 0.1) is 13.8 Å². The normalized spacial score (nSPS) is 10.5. The number of hydrogen-bond donors (Lipinski definition) is 2. The van der Waals surface area contributed by atoms with Crippen LogP contribution in [0.25, 0.3) is 0 Å². The molecule has 21 heavy (non-hydrogen) atoms. The smallest absolute Gasteiger partial charge is 0.139 e. The number of rotatable bonds is 5. The van der Waals surface area contributed by atoms with Crippen molar-refractivity contribution in [2.75, 3.05) is 17.2 Å². The minimum atomic E-state index is 0.808. The lowest BCUT2D eigenvalue weighted by Crippen LogP contribution is -2.09. The molecule has 1 aromatic heterocycles. The van der Waals surface area contributed by atoms with Gasteiger partial charge in [0.15, 0.2) is 0 Å². The summed E-state index contributed by atoms with van der Waals surface area (Å²) in [5.41, 5.74) is 3.23. The average molecular weight is 349 g/mol. The highest BCUT2D eigenvalue weighted by Crippen LogP contribution is 2.30. The summed E-state index contributed by atoms with van der Waals surface area (Å²) >= 11 is 3.63. The Hall–Kier alpha value is -1.62. The monoisotopic (exact) mass is 348 g/mol. The lowest BCUT2D eigenvalue weighted by Gasteiger charge is -2.15. The Morgan fingerprint density at radius 1 is 1.10 bits per heavy atom. The molecule has 5 heteroatoms. The van der Waals surface area contributed by atoms with Gasteiger partial charge in [-0.05, 0) is 48.3 Å². The molecule has 0 unspecified atom stereocenters. The summed E-state index contributed by atoms with van der Waals surface area (Å²) in [7, 11) is 0. The van der Waals surface area contributed by atoms with Gasteiger partial charge in [-0.15, -0.1) is 0 Å². The Labute approximate surface area is 134 Å². The average Bonchev–Trinajstić information content (AvgIpc) is 2.48. The van der Waals surface area contributed by atoms with Gasteiger partial charge in [-0.2, -0.15) is 0 Å². The van der Waals surface area contributed by atoms with E-state index in [1.54, 1.807) is 0 Å². The van der Waals surface area contributed by atoms with Crippen LogP contribution in [0.5, 0.6) is 0 Å². The summed E-state index contributed by atoms with van der Waals surface area (Å²) in [4.78, 5) is 9.17. The van der Waals surface area contributed by atoms with Crippen molar-refractivity contribution in [3.05, 3.63) is 39.6 Å². The molecule has 0 bridgehead atoms. The first-order valence-corrected chi connectivity index (χ1v) is 7.99. The molecular formula is C16H21BrN4. The SMILES string of the molecule is CCNc1nc(CC)nc(Nc2cccc(C)c2Br)c1C. The summed E-state index contributed by atoms with van der Waals surface area (Å²) in [5.74, 6) is 2.59. The third kappa shape index (κ3) is 3.53. The van der Waals surface area contributed by atoms with Gasteiger partial charge in [0, 0.05) is 23.0 Å². The first-order valence-electron chi connectivity index (χ1n) is 7.20. The summed E-state index contributed by atoms with van der Waals surface area (Å²) in [6, 6.07) is 6.14. The number of aromatic nitrogens is 2. The minimum Gasteiger partial charge on any atom is -0.370 e. The largest absolute Gasteiger partial charge is 0.370 e. The van der Waals surface area contributed by atoms with Crippen LogP contribution in [0.3, 0.4) is 0 Å². The van der Waals surface area contributed by atoms with Crippen molar-refractivity contribution in [1.29, 1.82) is 0 Å². The van der Waals surface area contributed by atoms with E-state index in [0.717, 1.165) is 46.1 Å². The Morgan fingerprint density at radius 3 is 2.48 bits per heavy atom. The number of nitrogens with zero attached hydrogens (tertiary/aromatic N) is 2. The quantitative estimate of drug-likeness (QED) is 0.829. The molecule has 0 spiro atoms. The van der Waals surface area contributed by atoms with Gasteiger partial charge in [-0.25, -0.2) is 9.97 Å². The molecule has 0 amide bonds. The predicted octanol–water partition coefficient (Wildman–Crippen LogP) is 4.59. The van der Waals surface area contributed by atoms with E-state index in [0.29, 0.717) is 0 Å². The molecule has 2 aromatic rings. The van der Waals surface area contributed by atoms with E-state index < -0.39 is 0 Å². The van der Waals surface area contributed by atoms with E-state index in [-0.39, 0.29) is 0 Å². The van der Waals surface area contributed by atoms with Crippen molar-refractivity contribution < 1.29 is 0 Å².